The SMILES string of the molecule is CC(NC(=NCc1ccc(F)cc1)NCC(=O)N(C)C)c1ccccc1.I. The maximum Gasteiger partial charge on any atom is 0.241 e. The van der Waals surface area contributed by atoms with Crippen LogP contribution in [0, 0.1) is 5.82 Å². The van der Waals surface area contributed by atoms with E-state index in [2.05, 4.69) is 15.6 Å². The minimum Gasteiger partial charge on any atom is -0.350 e. The van der Waals surface area contributed by atoms with Crippen LogP contribution >= 0.6 is 24.0 Å². The van der Waals surface area contributed by atoms with Crippen LogP contribution in [-0.4, -0.2) is 37.4 Å². The summed E-state index contributed by atoms with van der Waals surface area (Å²) in [5, 5.41) is 6.36. The second-order valence-corrected chi connectivity index (χ2v) is 6.21. The van der Waals surface area contributed by atoms with Crippen LogP contribution < -0.4 is 10.6 Å². The molecule has 0 aliphatic rings. The third kappa shape index (κ3) is 7.94. The summed E-state index contributed by atoms with van der Waals surface area (Å²) in [5.41, 5.74) is 2.00. The zero-order valence-corrected chi connectivity index (χ0v) is 18.1. The van der Waals surface area contributed by atoms with Crippen LogP contribution in [0.5, 0.6) is 0 Å². The maximum atomic E-state index is 13.0. The number of likely N-dealkylation sites (N-methyl/N-ethyl adjacent to an activating group) is 1. The Labute approximate surface area is 177 Å². The number of carbonyl (C=O) groups excluding carboxylic acids is 1. The molecular weight excluding hydrogens is 458 g/mol. The van der Waals surface area contributed by atoms with Gasteiger partial charge >= 0.3 is 0 Å². The summed E-state index contributed by atoms with van der Waals surface area (Å²) in [5.74, 6) is 0.206. The Kier molecular flexibility index (Phi) is 9.77. The van der Waals surface area contributed by atoms with E-state index in [4.69, 9.17) is 0 Å². The summed E-state index contributed by atoms with van der Waals surface area (Å²) >= 11 is 0. The summed E-state index contributed by atoms with van der Waals surface area (Å²) in [6.45, 7) is 2.55. The fourth-order valence-electron chi connectivity index (χ4n) is 2.26. The number of halogens is 2. The second-order valence-electron chi connectivity index (χ2n) is 6.21. The zero-order valence-electron chi connectivity index (χ0n) is 15.8. The molecule has 2 rings (SSSR count). The largest absolute Gasteiger partial charge is 0.350 e. The molecule has 146 valence electrons. The summed E-state index contributed by atoms with van der Waals surface area (Å²) in [6.07, 6.45) is 0. The van der Waals surface area contributed by atoms with Gasteiger partial charge in [-0.25, -0.2) is 9.38 Å². The lowest BCUT2D eigenvalue weighted by Crippen LogP contribution is -2.43. The molecule has 0 aromatic heterocycles. The normalized spacial score (nSPS) is 11.9. The summed E-state index contributed by atoms with van der Waals surface area (Å²) in [6, 6.07) is 16.2. The Morgan fingerprint density at radius 2 is 1.74 bits per heavy atom. The number of nitrogens with zero attached hydrogens (tertiary/aromatic N) is 2. The van der Waals surface area contributed by atoms with Crippen molar-refractivity contribution in [3.63, 3.8) is 0 Å². The molecule has 2 aromatic rings. The highest BCUT2D eigenvalue weighted by atomic mass is 127. The predicted molar refractivity (Wildman–Crippen MR) is 118 cm³/mol. The Bertz CT molecular complexity index is 735. The fourth-order valence-corrected chi connectivity index (χ4v) is 2.26. The van der Waals surface area contributed by atoms with Crippen LogP contribution in [-0.2, 0) is 11.3 Å². The highest BCUT2D eigenvalue weighted by Crippen LogP contribution is 2.11. The molecule has 1 unspecified atom stereocenters. The van der Waals surface area contributed by atoms with Crippen LogP contribution in [0.2, 0.25) is 0 Å². The van der Waals surface area contributed by atoms with E-state index in [0.29, 0.717) is 12.5 Å². The lowest BCUT2D eigenvalue weighted by atomic mass is 10.1. The molecule has 0 aliphatic heterocycles. The third-order valence-corrected chi connectivity index (χ3v) is 3.89. The van der Waals surface area contributed by atoms with E-state index >= 15 is 0 Å². The van der Waals surface area contributed by atoms with Crippen LogP contribution in [0.15, 0.2) is 59.6 Å². The standard InChI is InChI=1S/C20H25FN4O.HI/c1-15(17-7-5-4-6-8-17)24-20(23-14-19(26)25(2)3)22-13-16-9-11-18(21)12-10-16;/h4-12,15H,13-14H2,1-3H3,(H2,22,23,24);1H. The topological polar surface area (TPSA) is 56.7 Å². The maximum absolute atomic E-state index is 13.0. The van der Waals surface area contributed by atoms with Crippen molar-refractivity contribution in [1.82, 2.24) is 15.5 Å². The molecule has 0 fully saturated rings. The van der Waals surface area contributed by atoms with Gasteiger partial charge in [0.2, 0.25) is 5.91 Å². The van der Waals surface area contributed by atoms with E-state index in [1.165, 1.54) is 17.0 Å². The zero-order chi connectivity index (χ0) is 18.9. The molecule has 1 amide bonds. The van der Waals surface area contributed by atoms with Crippen LogP contribution in [0.4, 0.5) is 4.39 Å². The smallest absolute Gasteiger partial charge is 0.241 e. The number of hydrogen-bond acceptors (Lipinski definition) is 2. The molecule has 0 bridgehead atoms. The minimum atomic E-state index is -0.275. The van der Waals surface area contributed by atoms with Gasteiger partial charge in [0.25, 0.3) is 0 Å². The van der Waals surface area contributed by atoms with Gasteiger partial charge in [-0.05, 0) is 30.2 Å². The molecule has 2 N–H and O–H groups in total. The van der Waals surface area contributed by atoms with Crippen molar-refractivity contribution in [2.45, 2.75) is 19.5 Å². The first kappa shape index (κ1) is 22.9. The van der Waals surface area contributed by atoms with Crippen molar-refractivity contribution in [2.24, 2.45) is 4.99 Å². The fraction of sp³-hybridized carbons (Fsp3) is 0.300. The number of nitrogens with one attached hydrogen (secondary N) is 2. The number of carbonyl (C=O) groups is 1. The number of hydrogen-bond donors (Lipinski definition) is 2. The minimum absolute atomic E-state index is 0. The van der Waals surface area contributed by atoms with Gasteiger partial charge in [-0.2, -0.15) is 0 Å². The summed E-state index contributed by atoms with van der Waals surface area (Å²) < 4.78 is 13.0. The van der Waals surface area contributed by atoms with E-state index in [1.807, 2.05) is 37.3 Å². The lowest BCUT2D eigenvalue weighted by molar-refractivity contribution is -0.127. The van der Waals surface area contributed by atoms with Gasteiger partial charge in [0.15, 0.2) is 5.96 Å². The van der Waals surface area contributed by atoms with Crippen molar-refractivity contribution in [3.05, 3.63) is 71.5 Å². The molecule has 27 heavy (non-hydrogen) atoms. The first-order valence-electron chi connectivity index (χ1n) is 8.50. The average Bonchev–Trinajstić information content (AvgIpc) is 2.65. The number of amides is 1. The molecule has 0 saturated carbocycles. The molecule has 0 aliphatic carbocycles. The third-order valence-electron chi connectivity index (χ3n) is 3.89. The highest BCUT2D eigenvalue weighted by molar-refractivity contribution is 14.0. The monoisotopic (exact) mass is 484 g/mol. The molecular formula is C20H26FIN4O. The number of guanidine groups is 1. The molecule has 1 atom stereocenters. The molecule has 0 saturated heterocycles. The van der Waals surface area contributed by atoms with Gasteiger partial charge in [-0.15, -0.1) is 24.0 Å². The first-order chi connectivity index (χ1) is 12.5. The molecule has 7 heteroatoms. The van der Waals surface area contributed by atoms with E-state index in [-0.39, 0.29) is 48.3 Å². The number of aliphatic imine (C=N–C) groups is 1. The molecule has 2 aromatic carbocycles. The van der Waals surface area contributed by atoms with Crippen molar-refractivity contribution in [2.75, 3.05) is 20.6 Å². The van der Waals surface area contributed by atoms with Crippen molar-refractivity contribution >= 4 is 35.8 Å². The molecule has 5 nitrogen and oxygen atoms in total. The quantitative estimate of drug-likeness (QED) is 0.376. The second kappa shape index (κ2) is 11.5. The van der Waals surface area contributed by atoms with Gasteiger partial charge in [-0.1, -0.05) is 42.5 Å². The Morgan fingerprint density at radius 1 is 1.11 bits per heavy atom. The number of rotatable bonds is 6. The molecule has 0 heterocycles. The van der Waals surface area contributed by atoms with Gasteiger partial charge in [0, 0.05) is 14.1 Å². The highest BCUT2D eigenvalue weighted by Gasteiger charge is 2.10. The van der Waals surface area contributed by atoms with Crippen LogP contribution in [0.1, 0.15) is 24.1 Å². The Balaban J connectivity index is 0.00000364. The molecule has 0 radical (unpaired) electrons. The van der Waals surface area contributed by atoms with E-state index in [9.17, 15) is 9.18 Å². The van der Waals surface area contributed by atoms with Gasteiger partial charge in [0.05, 0.1) is 19.1 Å². The Morgan fingerprint density at radius 3 is 2.33 bits per heavy atom. The lowest BCUT2D eigenvalue weighted by Gasteiger charge is -2.19. The Hall–Kier alpha value is -2.16. The summed E-state index contributed by atoms with van der Waals surface area (Å²) in [7, 11) is 3.42. The van der Waals surface area contributed by atoms with Gasteiger partial charge in [0.1, 0.15) is 5.82 Å². The average molecular weight is 484 g/mol. The van der Waals surface area contributed by atoms with Crippen molar-refractivity contribution < 1.29 is 9.18 Å². The summed E-state index contributed by atoms with van der Waals surface area (Å²) in [4.78, 5) is 17.9. The van der Waals surface area contributed by atoms with E-state index in [1.54, 1.807) is 26.2 Å². The van der Waals surface area contributed by atoms with Crippen molar-refractivity contribution in [3.8, 4) is 0 Å². The molecule has 0 spiro atoms. The first-order valence-corrected chi connectivity index (χ1v) is 8.50. The predicted octanol–water partition coefficient (Wildman–Crippen LogP) is 3.33. The number of benzene rings is 2. The van der Waals surface area contributed by atoms with Crippen LogP contribution in [0.3, 0.4) is 0 Å². The van der Waals surface area contributed by atoms with Crippen LogP contribution in [0.25, 0.3) is 0 Å². The van der Waals surface area contributed by atoms with E-state index in [0.717, 1.165) is 11.1 Å². The van der Waals surface area contributed by atoms with Gasteiger partial charge in [-0.3, -0.25) is 4.79 Å². The van der Waals surface area contributed by atoms with Crippen molar-refractivity contribution in [1.29, 1.82) is 0 Å². The van der Waals surface area contributed by atoms with E-state index < -0.39 is 0 Å². The van der Waals surface area contributed by atoms with Gasteiger partial charge < -0.3 is 15.5 Å².